The molecule has 0 bridgehead atoms. The Labute approximate surface area is 106 Å². The number of benzene rings is 1. The average Bonchev–Trinajstić information content (AvgIpc) is 2.91. The average molecular weight is 248 g/mol. The van der Waals surface area contributed by atoms with Gasteiger partial charge in [0.15, 0.2) is 0 Å². The number of methoxy groups -OCH3 is 2. The fraction of sp³-hybridized carbons (Fsp3) is 0.308. The summed E-state index contributed by atoms with van der Waals surface area (Å²) in [5.41, 5.74) is 0. The lowest BCUT2D eigenvalue weighted by Crippen LogP contribution is -2.06. The highest BCUT2D eigenvalue weighted by Crippen LogP contribution is 2.27. The van der Waals surface area contributed by atoms with Gasteiger partial charge in [0.25, 0.3) is 0 Å². The second kappa shape index (κ2) is 5.95. The van der Waals surface area contributed by atoms with Gasteiger partial charge in [0.05, 0.1) is 27.1 Å². The number of hydrogen-bond donors (Lipinski definition) is 0. The number of imidazole rings is 1. The van der Waals surface area contributed by atoms with Crippen LogP contribution >= 0.6 is 0 Å². The zero-order valence-electron chi connectivity index (χ0n) is 10.5. The molecular weight excluding hydrogens is 232 g/mol. The number of rotatable bonds is 6. The van der Waals surface area contributed by atoms with Crippen LogP contribution in [0.5, 0.6) is 17.2 Å². The third kappa shape index (κ3) is 3.16. The van der Waals surface area contributed by atoms with E-state index in [0.29, 0.717) is 18.1 Å². The monoisotopic (exact) mass is 248 g/mol. The quantitative estimate of drug-likeness (QED) is 0.784. The Hall–Kier alpha value is -2.17. The second-order valence-corrected chi connectivity index (χ2v) is 3.70. The van der Waals surface area contributed by atoms with Crippen molar-refractivity contribution in [1.29, 1.82) is 0 Å². The van der Waals surface area contributed by atoms with Gasteiger partial charge < -0.3 is 18.8 Å². The molecule has 1 aromatic carbocycles. The van der Waals surface area contributed by atoms with Crippen LogP contribution in [-0.4, -0.2) is 30.4 Å². The predicted molar refractivity (Wildman–Crippen MR) is 67.3 cm³/mol. The smallest absolute Gasteiger partial charge is 0.126 e. The minimum atomic E-state index is 0.562. The molecule has 96 valence electrons. The summed E-state index contributed by atoms with van der Waals surface area (Å²) >= 11 is 0. The molecule has 18 heavy (non-hydrogen) atoms. The van der Waals surface area contributed by atoms with E-state index >= 15 is 0 Å². The van der Waals surface area contributed by atoms with Crippen LogP contribution in [0.25, 0.3) is 0 Å². The molecule has 0 aliphatic carbocycles. The van der Waals surface area contributed by atoms with Gasteiger partial charge in [-0.3, -0.25) is 0 Å². The molecule has 0 aliphatic heterocycles. The van der Waals surface area contributed by atoms with E-state index in [1.54, 1.807) is 26.7 Å². The van der Waals surface area contributed by atoms with Gasteiger partial charge >= 0.3 is 0 Å². The summed E-state index contributed by atoms with van der Waals surface area (Å²) in [5, 5.41) is 0. The van der Waals surface area contributed by atoms with Crippen molar-refractivity contribution in [1.82, 2.24) is 9.55 Å². The minimum Gasteiger partial charge on any atom is -0.496 e. The van der Waals surface area contributed by atoms with Crippen LogP contribution in [0.1, 0.15) is 0 Å². The largest absolute Gasteiger partial charge is 0.496 e. The van der Waals surface area contributed by atoms with Gasteiger partial charge in [-0.2, -0.15) is 0 Å². The van der Waals surface area contributed by atoms with Crippen molar-refractivity contribution in [2.45, 2.75) is 6.54 Å². The Morgan fingerprint density at radius 2 is 1.72 bits per heavy atom. The number of aromatic nitrogens is 2. The van der Waals surface area contributed by atoms with Gasteiger partial charge in [0.2, 0.25) is 0 Å². The summed E-state index contributed by atoms with van der Waals surface area (Å²) in [4.78, 5) is 3.97. The minimum absolute atomic E-state index is 0.562. The third-order valence-corrected chi connectivity index (χ3v) is 2.50. The van der Waals surface area contributed by atoms with Gasteiger partial charge in [-0.15, -0.1) is 0 Å². The maximum Gasteiger partial charge on any atom is 0.126 e. The molecule has 0 radical (unpaired) electrons. The maximum absolute atomic E-state index is 5.66. The fourth-order valence-electron chi connectivity index (χ4n) is 1.55. The van der Waals surface area contributed by atoms with Crippen LogP contribution in [0, 0.1) is 0 Å². The molecule has 0 unspecified atom stereocenters. The zero-order chi connectivity index (χ0) is 12.8. The molecule has 1 aromatic heterocycles. The van der Waals surface area contributed by atoms with Gasteiger partial charge in [0, 0.05) is 30.6 Å². The van der Waals surface area contributed by atoms with E-state index in [9.17, 15) is 0 Å². The Morgan fingerprint density at radius 1 is 1.06 bits per heavy atom. The fourth-order valence-corrected chi connectivity index (χ4v) is 1.55. The highest BCUT2D eigenvalue weighted by atomic mass is 16.5. The highest BCUT2D eigenvalue weighted by Gasteiger charge is 2.02. The van der Waals surface area contributed by atoms with Crippen LogP contribution in [0.3, 0.4) is 0 Å². The SMILES string of the molecule is COc1cc(OC)cc(OCCn2ccnc2)c1. The van der Waals surface area contributed by atoms with Crippen LogP contribution in [0.15, 0.2) is 36.9 Å². The molecule has 0 spiro atoms. The molecule has 0 amide bonds. The maximum atomic E-state index is 5.66. The molecule has 2 aromatic rings. The second-order valence-electron chi connectivity index (χ2n) is 3.70. The van der Waals surface area contributed by atoms with Crippen molar-refractivity contribution in [3.8, 4) is 17.2 Å². The third-order valence-electron chi connectivity index (χ3n) is 2.50. The zero-order valence-corrected chi connectivity index (χ0v) is 10.5. The van der Waals surface area contributed by atoms with E-state index in [4.69, 9.17) is 14.2 Å². The van der Waals surface area contributed by atoms with E-state index < -0.39 is 0 Å². The first-order valence-electron chi connectivity index (χ1n) is 5.63. The summed E-state index contributed by atoms with van der Waals surface area (Å²) in [5.74, 6) is 2.16. The van der Waals surface area contributed by atoms with Crippen LogP contribution in [0.4, 0.5) is 0 Å². The van der Waals surface area contributed by atoms with Gasteiger partial charge in [-0.05, 0) is 0 Å². The topological polar surface area (TPSA) is 45.5 Å². The first kappa shape index (κ1) is 12.3. The Balaban J connectivity index is 1.95. The van der Waals surface area contributed by atoms with Gasteiger partial charge in [-0.1, -0.05) is 0 Å². The van der Waals surface area contributed by atoms with Crippen LogP contribution in [-0.2, 0) is 6.54 Å². The first-order chi connectivity index (χ1) is 8.81. The molecule has 0 aliphatic rings. The summed E-state index contributed by atoms with van der Waals surface area (Å²) in [6.07, 6.45) is 5.40. The summed E-state index contributed by atoms with van der Waals surface area (Å²) < 4.78 is 18.0. The highest BCUT2D eigenvalue weighted by molar-refractivity contribution is 5.41. The summed E-state index contributed by atoms with van der Waals surface area (Å²) in [7, 11) is 3.23. The molecule has 0 saturated carbocycles. The van der Waals surface area contributed by atoms with Crippen LogP contribution < -0.4 is 14.2 Å². The van der Waals surface area contributed by atoms with Crippen molar-refractivity contribution in [2.24, 2.45) is 0 Å². The molecule has 1 heterocycles. The molecule has 0 fully saturated rings. The normalized spacial score (nSPS) is 10.1. The lowest BCUT2D eigenvalue weighted by Gasteiger charge is -2.10. The standard InChI is InChI=1S/C13H16N2O3/c1-16-11-7-12(17-2)9-13(8-11)18-6-5-15-4-3-14-10-15/h3-4,7-10H,5-6H2,1-2H3. The number of hydrogen-bond acceptors (Lipinski definition) is 4. The van der Waals surface area contributed by atoms with Crippen molar-refractivity contribution >= 4 is 0 Å². The molecule has 2 rings (SSSR count). The number of ether oxygens (including phenoxy) is 3. The van der Waals surface area contributed by atoms with Crippen molar-refractivity contribution in [3.05, 3.63) is 36.9 Å². The lowest BCUT2D eigenvalue weighted by molar-refractivity contribution is 0.293. The summed E-state index contributed by atoms with van der Waals surface area (Å²) in [6.45, 7) is 1.31. The van der Waals surface area contributed by atoms with Crippen molar-refractivity contribution in [2.75, 3.05) is 20.8 Å². The Bertz CT molecular complexity index is 461. The van der Waals surface area contributed by atoms with E-state index in [-0.39, 0.29) is 0 Å². The van der Waals surface area contributed by atoms with Gasteiger partial charge in [0.1, 0.15) is 23.9 Å². The molecule has 5 heteroatoms. The summed E-state index contributed by atoms with van der Waals surface area (Å²) in [6, 6.07) is 5.47. The Morgan fingerprint density at radius 3 is 2.28 bits per heavy atom. The van der Waals surface area contributed by atoms with E-state index in [0.717, 1.165) is 12.3 Å². The van der Waals surface area contributed by atoms with E-state index in [1.165, 1.54) is 0 Å². The van der Waals surface area contributed by atoms with Crippen LogP contribution in [0.2, 0.25) is 0 Å². The van der Waals surface area contributed by atoms with E-state index in [2.05, 4.69) is 4.98 Å². The number of nitrogens with zero attached hydrogens (tertiary/aromatic N) is 2. The first-order valence-corrected chi connectivity index (χ1v) is 5.63. The lowest BCUT2D eigenvalue weighted by atomic mass is 10.3. The molecule has 0 atom stereocenters. The van der Waals surface area contributed by atoms with Crippen molar-refractivity contribution in [3.63, 3.8) is 0 Å². The molecule has 0 N–H and O–H groups in total. The molecular formula is C13H16N2O3. The predicted octanol–water partition coefficient (Wildman–Crippen LogP) is 1.98. The van der Waals surface area contributed by atoms with Crippen molar-refractivity contribution < 1.29 is 14.2 Å². The van der Waals surface area contributed by atoms with E-state index in [1.807, 2.05) is 29.0 Å². The molecule has 0 saturated heterocycles. The Kier molecular flexibility index (Phi) is 4.06. The molecule has 5 nitrogen and oxygen atoms in total. The van der Waals surface area contributed by atoms with Gasteiger partial charge in [-0.25, -0.2) is 4.98 Å².